The average Bonchev–Trinajstić information content (AvgIpc) is 3.27. The molecular weight excluding hydrogens is 424 g/mol. The first-order chi connectivity index (χ1) is 14.3. The molecule has 0 atom stereocenters. The van der Waals surface area contributed by atoms with Gasteiger partial charge in [0, 0.05) is 19.8 Å². The molecule has 1 amide bonds. The summed E-state index contributed by atoms with van der Waals surface area (Å²) in [5.74, 6) is 0.455. The molecule has 2 N–H and O–H groups in total. The van der Waals surface area contributed by atoms with Crippen LogP contribution in [0.4, 0.5) is 5.69 Å². The molecule has 0 radical (unpaired) electrons. The Morgan fingerprint density at radius 2 is 2.00 bits per heavy atom. The third kappa shape index (κ3) is 3.66. The van der Waals surface area contributed by atoms with Crippen molar-refractivity contribution in [1.29, 1.82) is 0 Å². The normalized spacial score (nSPS) is 12.1. The molecule has 2 aromatic heterocycles. The smallest absolute Gasteiger partial charge is 0.242 e. The van der Waals surface area contributed by atoms with Crippen LogP contribution < -0.4 is 5.32 Å². The molecule has 0 bridgehead atoms. The molecule has 11 heteroatoms. The second-order valence-corrected chi connectivity index (χ2v) is 9.96. The van der Waals surface area contributed by atoms with E-state index in [1.54, 1.807) is 6.07 Å². The van der Waals surface area contributed by atoms with Gasteiger partial charge in [0.25, 0.3) is 0 Å². The van der Waals surface area contributed by atoms with Crippen LogP contribution in [0.1, 0.15) is 5.56 Å². The van der Waals surface area contributed by atoms with Gasteiger partial charge in [0.05, 0.1) is 21.7 Å². The van der Waals surface area contributed by atoms with Crippen LogP contribution in [0.25, 0.3) is 16.8 Å². The number of amides is 1. The number of thioether (sulfide) groups is 1. The molecule has 4 aromatic rings. The first-order valence-corrected chi connectivity index (χ1v) is 11.5. The van der Waals surface area contributed by atoms with Crippen LogP contribution >= 0.6 is 11.8 Å². The van der Waals surface area contributed by atoms with Crippen LogP contribution in [0.3, 0.4) is 0 Å². The monoisotopic (exact) mass is 444 g/mol. The number of nitrogens with one attached hydrogen (secondary N) is 2. The molecule has 2 aromatic carbocycles. The highest BCUT2D eigenvalue weighted by molar-refractivity contribution is 7.99. The second-order valence-electron chi connectivity index (χ2n) is 6.87. The Morgan fingerprint density at radius 3 is 2.77 bits per heavy atom. The lowest BCUT2D eigenvalue weighted by Gasteiger charge is -2.14. The molecule has 0 fully saturated rings. The molecule has 30 heavy (non-hydrogen) atoms. The maximum Gasteiger partial charge on any atom is 0.242 e. The van der Waals surface area contributed by atoms with Gasteiger partial charge < -0.3 is 5.32 Å². The van der Waals surface area contributed by atoms with Gasteiger partial charge in [-0.2, -0.15) is 0 Å². The molecule has 156 valence electrons. The van der Waals surface area contributed by atoms with E-state index in [2.05, 4.69) is 20.5 Å². The van der Waals surface area contributed by atoms with Crippen LogP contribution in [-0.2, 0) is 14.8 Å². The third-order valence-corrected chi connectivity index (χ3v) is 7.35. The number of aromatic amines is 1. The van der Waals surface area contributed by atoms with Gasteiger partial charge in [0.2, 0.25) is 21.7 Å². The Hall–Kier alpha value is -2.89. The van der Waals surface area contributed by atoms with Gasteiger partial charge >= 0.3 is 0 Å². The maximum absolute atomic E-state index is 12.5. The Labute approximate surface area is 177 Å². The Morgan fingerprint density at radius 1 is 1.23 bits per heavy atom. The van der Waals surface area contributed by atoms with Crippen molar-refractivity contribution in [2.45, 2.75) is 17.0 Å². The van der Waals surface area contributed by atoms with Crippen LogP contribution in [0, 0.1) is 6.92 Å². The molecule has 0 saturated carbocycles. The summed E-state index contributed by atoms with van der Waals surface area (Å²) in [5, 5.41) is 10.5. The summed E-state index contributed by atoms with van der Waals surface area (Å²) < 4.78 is 27.7. The third-order valence-electron chi connectivity index (χ3n) is 4.60. The number of carbonyl (C=O) groups is 1. The topological polar surface area (TPSA) is 112 Å². The van der Waals surface area contributed by atoms with Gasteiger partial charge in [-0.1, -0.05) is 30.0 Å². The predicted molar refractivity (Wildman–Crippen MR) is 116 cm³/mol. The molecule has 4 rings (SSSR count). The summed E-state index contributed by atoms with van der Waals surface area (Å²) in [6.07, 6.45) is 0. The summed E-state index contributed by atoms with van der Waals surface area (Å²) in [6, 6.07) is 12.4. The number of aromatic nitrogens is 4. The zero-order chi connectivity index (χ0) is 21.5. The van der Waals surface area contributed by atoms with E-state index in [0.717, 1.165) is 20.9 Å². The number of benzene rings is 2. The molecule has 2 heterocycles. The van der Waals surface area contributed by atoms with Crippen molar-refractivity contribution in [3.05, 3.63) is 48.0 Å². The van der Waals surface area contributed by atoms with Gasteiger partial charge in [-0.25, -0.2) is 22.8 Å². The highest BCUT2D eigenvalue weighted by Gasteiger charge is 2.19. The SMILES string of the molecule is Cc1ccc(S(=O)(=O)N(C)C)cc1NC(=O)CSc1n[nH]c2nc3ccccc3n12. The van der Waals surface area contributed by atoms with E-state index in [9.17, 15) is 13.2 Å². The van der Waals surface area contributed by atoms with Crippen molar-refractivity contribution in [1.82, 2.24) is 23.9 Å². The highest BCUT2D eigenvalue weighted by Crippen LogP contribution is 2.25. The number of carbonyl (C=O) groups excluding carboxylic acids is 1. The molecule has 0 unspecified atom stereocenters. The molecule has 0 spiro atoms. The number of nitrogens with zero attached hydrogens (tertiary/aromatic N) is 4. The number of imidazole rings is 1. The van der Waals surface area contributed by atoms with Gasteiger partial charge in [-0.05, 0) is 36.8 Å². The van der Waals surface area contributed by atoms with Gasteiger partial charge in [0.15, 0.2) is 5.16 Å². The molecule has 0 saturated heterocycles. The highest BCUT2D eigenvalue weighted by atomic mass is 32.2. The van der Waals surface area contributed by atoms with E-state index in [1.807, 2.05) is 35.6 Å². The van der Waals surface area contributed by atoms with E-state index in [-0.39, 0.29) is 16.6 Å². The van der Waals surface area contributed by atoms with Crippen LogP contribution in [0.15, 0.2) is 52.5 Å². The lowest BCUT2D eigenvalue weighted by Crippen LogP contribution is -2.22. The average molecular weight is 445 g/mol. The number of sulfonamides is 1. The van der Waals surface area contributed by atoms with Crippen LogP contribution in [0.2, 0.25) is 0 Å². The fourth-order valence-corrected chi connectivity index (χ4v) is 4.65. The van der Waals surface area contributed by atoms with Gasteiger partial charge in [0.1, 0.15) is 0 Å². The number of H-pyrrole nitrogens is 1. The zero-order valence-corrected chi connectivity index (χ0v) is 18.2. The van der Waals surface area contributed by atoms with Crippen molar-refractivity contribution in [2.75, 3.05) is 25.2 Å². The van der Waals surface area contributed by atoms with Crippen LogP contribution in [0.5, 0.6) is 0 Å². The molecule has 0 aliphatic heterocycles. The van der Waals surface area contributed by atoms with E-state index in [4.69, 9.17) is 0 Å². The summed E-state index contributed by atoms with van der Waals surface area (Å²) in [6.45, 7) is 1.81. The number of hydrogen-bond donors (Lipinski definition) is 2. The largest absolute Gasteiger partial charge is 0.325 e. The lowest BCUT2D eigenvalue weighted by atomic mass is 10.2. The first-order valence-electron chi connectivity index (χ1n) is 9.05. The van der Waals surface area contributed by atoms with Gasteiger partial charge in [-0.15, -0.1) is 5.10 Å². The minimum atomic E-state index is -3.59. The fourth-order valence-electron chi connectivity index (χ4n) is 2.96. The van der Waals surface area contributed by atoms with E-state index >= 15 is 0 Å². The molecule has 0 aliphatic rings. The zero-order valence-electron chi connectivity index (χ0n) is 16.6. The number of hydrogen-bond acceptors (Lipinski definition) is 6. The summed E-state index contributed by atoms with van der Waals surface area (Å²) in [4.78, 5) is 17.1. The number of fused-ring (bicyclic) bond motifs is 3. The number of para-hydroxylation sites is 2. The fraction of sp³-hybridized carbons (Fsp3) is 0.211. The number of rotatable bonds is 6. The first kappa shape index (κ1) is 20.4. The summed E-state index contributed by atoms with van der Waals surface area (Å²) >= 11 is 1.27. The van der Waals surface area contributed by atoms with E-state index in [1.165, 1.54) is 38.0 Å². The molecule has 9 nitrogen and oxygen atoms in total. The molecule has 0 aliphatic carbocycles. The van der Waals surface area contributed by atoms with Crippen molar-refractivity contribution >= 4 is 50.2 Å². The molecular formula is C19H20N6O3S2. The minimum absolute atomic E-state index is 0.108. The second kappa shape index (κ2) is 7.74. The van der Waals surface area contributed by atoms with Crippen molar-refractivity contribution in [3.63, 3.8) is 0 Å². The van der Waals surface area contributed by atoms with Crippen molar-refractivity contribution in [3.8, 4) is 0 Å². The van der Waals surface area contributed by atoms with E-state index in [0.29, 0.717) is 16.6 Å². The number of aryl methyl sites for hydroxylation is 1. The van der Waals surface area contributed by atoms with Crippen molar-refractivity contribution < 1.29 is 13.2 Å². The van der Waals surface area contributed by atoms with Crippen LogP contribution in [-0.4, -0.2) is 58.1 Å². The van der Waals surface area contributed by atoms with E-state index < -0.39 is 10.0 Å². The summed E-state index contributed by atoms with van der Waals surface area (Å²) in [7, 11) is -0.652. The van der Waals surface area contributed by atoms with Crippen molar-refractivity contribution in [2.24, 2.45) is 0 Å². The quantitative estimate of drug-likeness (QED) is 0.442. The summed E-state index contributed by atoms with van der Waals surface area (Å²) in [5.41, 5.74) is 2.98. The predicted octanol–water partition coefficient (Wildman–Crippen LogP) is 2.50. The Kier molecular flexibility index (Phi) is 5.26. The Balaban J connectivity index is 1.52. The lowest BCUT2D eigenvalue weighted by molar-refractivity contribution is -0.113. The Bertz CT molecular complexity index is 1360. The maximum atomic E-state index is 12.5. The van der Waals surface area contributed by atoms with Gasteiger partial charge in [-0.3, -0.25) is 9.20 Å². The standard InChI is InChI=1S/C19H20N6O3S2/c1-12-8-9-13(30(27,28)24(2)3)10-15(12)20-17(26)11-29-19-23-22-18-21-14-6-4-5-7-16(14)25(18)19/h4-10H,11H2,1-3H3,(H,20,26)(H,21,22). The minimum Gasteiger partial charge on any atom is -0.325 e. The number of anilines is 1.